The van der Waals surface area contributed by atoms with Gasteiger partial charge in [-0.15, -0.1) is 0 Å². The van der Waals surface area contributed by atoms with Crippen molar-refractivity contribution in [2.75, 3.05) is 33.2 Å². The predicted molar refractivity (Wildman–Crippen MR) is 89.0 cm³/mol. The number of H-pyrrole nitrogens is 1. The van der Waals surface area contributed by atoms with Gasteiger partial charge in [-0.25, -0.2) is 13.2 Å². The minimum Gasteiger partial charge on any atom is -0.493 e. The molecule has 136 valence electrons. The largest absolute Gasteiger partial charge is 0.493 e. The molecule has 0 aliphatic rings. The molecule has 1 aromatic heterocycles. The van der Waals surface area contributed by atoms with E-state index in [9.17, 15) is 13.2 Å². The number of hydrogen-bond acceptors (Lipinski definition) is 7. The molecule has 25 heavy (non-hydrogen) atoms. The quantitative estimate of drug-likeness (QED) is 0.712. The zero-order chi connectivity index (χ0) is 18.6. The highest BCUT2D eigenvalue weighted by molar-refractivity contribution is 7.92. The second-order valence-corrected chi connectivity index (χ2v) is 6.44. The van der Waals surface area contributed by atoms with Crippen LogP contribution in [0.3, 0.4) is 0 Å². The lowest BCUT2D eigenvalue weighted by Crippen LogP contribution is -2.12. The summed E-state index contributed by atoms with van der Waals surface area (Å²) < 4.78 is 47.4. The maximum atomic E-state index is 12.5. The summed E-state index contributed by atoms with van der Waals surface area (Å²) in [6.07, 6.45) is 1.19. The molecule has 0 aliphatic heterocycles. The number of nitrogens with one attached hydrogen (secondary N) is 2. The van der Waals surface area contributed by atoms with Crippen molar-refractivity contribution >= 4 is 21.7 Å². The fraction of sp³-hybridized carbons (Fsp3) is 0.267. The van der Waals surface area contributed by atoms with Gasteiger partial charge >= 0.3 is 5.97 Å². The third-order valence-corrected chi connectivity index (χ3v) is 4.65. The van der Waals surface area contributed by atoms with Crippen molar-refractivity contribution in [2.45, 2.75) is 4.90 Å². The highest BCUT2D eigenvalue weighted by Gasteiger charge is 2.21. The second kappa shape index (κ2) is 7.34. The molecule has 0 fully saturated rings. The van der Waals surface area contributed by atoms with E-state index in [1.807, 2.05) is 0 Å². The molecule has 2 rings (SSSR count). The van der Waals surface area contributed by atoms with Gasteiger partial charge in [-0.3, -0.25) is 4.72 Å². The number of carbonyl (C=O) groups excluding carboxylic acids is 1. The molecule has 0 bridgehead atoms. The first kappa shape index (κ1) is 18.5. The van der Waals surface area contributed by atoms with Gasteiger partial charge in [0.1, 0.15) is 10.6 Å². The molecule has 0 amide bonds. The van der Waals surface area contributed by atoms with Gasteiger partial charge in [0.15, 0.2) is 11.5 Å². The van der Waals surface area contributed by atoms with Crippen LogP contribution in [-0.2, 0) is 14.8 Å². The molecule has 2 aromatic rings. The Bertz CT molecular complexity index is 849. The van der Waals surface area contributed by atoms with Crippen molar-refractivity contribution in [1.82, 2.24) is 4.98 Å². The van der Waals surface area contributed by atoms with Crippen molar-refractivity contribution in [3.05, 3.63) is 30.1 Å². The normalized spacial score (nSPS) is 10.9. The third kappa shape index (κ3) is 3.79. The number of aromatic amines is 1. The molecule has 10 heteroatoms. The predicted octanol–water partition coefficient (Wildman–Crippen LogP) is 1.63. The molecule has 0 spiro atoms. The number of ether oxygens (including phenoxy) is 4. The fourth-order valence-electron chi connectivity index (χ4n) is 2.11. The summed E-state index contributed by atoms with van der Waals surface area (Å²) in [5.41, 5.74) is 0.225. The highest BCUT2D eigenvalue weighted by Crippen LogP contribution is 2.40. The SMILES string of the molecule is COC(=O)c1cc(S(=O)(=O)Nc2cc(OC)c(OC)c(OC)c2)c[nH]1. The third-order valence-electron chi connectivity index (χ3n) is 3.29. The summed E-state index contributed by atoms with van der Waals surface area (Å²) in [6, 6.07) is 4.08. The van der Waals surface area contributed by atoms with Crippen molar-refractivity contribution in [2.24, 2.45) is 0 Å². The van der Waals surface area contributed by atoms with Crippen LogP contribution in [0.2, 0.25) is 0 Å². The Morgan fingerprint density at radius 1 is 1.00 bits per heavy atom. The Morgan fingerprint density at radius 3 is 2.08 bits per heavy atom. The zero-order valence-electron chi connectivity index (χ0n) is 14.1. The molecular weight excluding hydrogens is 352 g/mol. The molecular formula is C15H18N2O7S. The molecule has 0 atom stereocenters. The van der Waals surface area contributed by atoms with Gasteiger partial charge in [-0.1, -0.05) is 0 Å². The van der Waals surface area contributed by atoms with Crippen molar-refractivity contribution in [3.63, 3.8) is 0 Å². The monoisotopic (exact) mass is 370 g/mol. The van der Waals surface area contributed by atoms with Crippen molar-refractivity contribution in [3.8, 4) is 17.2 Å². The summed E-state index contributed by atoms with van der Waals surface area (Å²) in [6.45, 7) is 0. The molecule has 0 radical (unpaired) electrons. The van der Waals surface area contributed by atoms with Gasteiger partial charge in [0, 0.05) is 18.3 Å². The summed E-state index contributed by atoms with van der Waals surface area (Å²) in [5.74, 6) is 0.254. The van der Waals surface area contributed by atoms with Crippen molar-refractivity contribution < 1.29 is 32.2 Å². The Hall–Kier alpha value is -2.88. The number of esters is 1. The Morgan fingerprint density at radius 2 is 1.60 bits per heavy atom. The van der Waals surface area contributed by atoms with Crippen LogP contribution in [0.25, 0.3) is 0 Å². The number of methoxy groups -OCH3 is 4. The van der Waals surface area contributed by atoms with Crippen LogP contribution in [0.5, 0.6) is 17.2 Å². The number of carbonyl (C=O) groups is 1. The van der Waals surface area contributed by atoms with E-state index in [-0.39, 0.29) is 16.3 Å². The van der Waals surface area contributed by atoms with Crippen LogP contribution in [0, 0.1) is 0 Å². The van der Waals surface area contributed by atoms with Gasteiger partial charge in [0.2, 0.25) is 5.75 Å². The Balaban J connectivity index is 2.37. The van der Waals surface area contributed by atoms with E-state index in [4.69, 9.17) is 14.2 Å². The Kier molecular flexibility index (Phi) is 5.42. The number of rotatable bonds is 7. The summed E-state index contributed by atoms with van der Waals surface area (Å²) >= 11 is 0. The van der Waals surface area contributed by atoms with Gasteiger partial charge in [-0.05, 0) is 6.07 Å². The van der Waals surface area contributed by atoms with Crippen LogP contribution in [0.1, 0.15) is 10.5 Å². The minimum absolute atomic E-state index is 0.0211. The first-order valence-corrected chi connectivity index (χ1v) is 8.44. The number of benzene rings is 1. The minimum atomic E-state index is -3.94. The Labute approximate surface area is 144 Å². The maximum absolute atomic E-state index is 12.5. The van der Waals surface area contributed by atoms with Gasteiger partial charge < -0.3 is 23.9 Å². The standard InChI is InChI=1S/C15H18N2O7S/c1-21-12-5-9(6-13(22-2)14(12)23-3)17-25(19,20)10-7-11(16-8-10)15(18)24-4/h5-8,16-17H,1-4H3. The molecule has 0 saturated carbocycles. The molecule has 0 aliphatic carbocycles. The number of sulfonamides is 1. The zero-order valence-corrected chi connectivity index (χ0v) is 14.9. The van der Waals surface area contributed by atoms with E-state index in [0.717, 1.165) is 0 Å². The second-order valence-electron chi connectivity index (χ2n) is 4.76. The average molecular weight is 370 g/mol. The van der Waals surface area contributed by atoms with Crippen LogP contribution in [-0.4, -0.2) is 47.8 Å². The van der Waals surface area contributed by atoms with Crippen LogP contribution < -0.4 is 18.9 Å². The number of anilines is 1. The van der Waals surface area contributed by atoms with E-state index in [1.165, 1.54) is 52.8 Å². The highest BCUT2D eigenvalue weighted by atomic mass is 32.2. The lowest BCUT2D eigenvalue weighted by atomic mass is 10.2. The van der Waals surface area contributed by atoms with E-state index < -0.39 is 16.0 Å². The lowest BCUT2D eigenvalue weighted by Gasteiger charge is -2.15. The van der Waals surface area contributed by atoms with Gasteiger partial charge in [0.05, 0.1) is 34.1 Å². The van der Waals surface area contributed by atoms with Crippen LogP contribution >= 0.6 is 0 Å². The lowest BCUT2D eigenvalue weighted by molar-refractivity contribution is 0.0594. The van der Waals surface area contributed by atoms with E-state index in [1.54, 1.807) is 0 Å². The van der Waals surface area contributed by atoms with E-state index in [0.29, 0.717) is 17.2 Å². The van der Waals surface area contributed by atoms with Gasteiger partial charge in [0.25, 0.3) is 10.0 Å². The summed E-state index contributed by atoms with van der Waals surface area (Å²) in [5, 5.41) is 0. The molecule has 0 saturated heterocycles. The van der Waals surface area contributed by atoms with Crippen LogP contribution in [0.15, 0.2) is 29.3 Å². The van der Waals surface area contributed by atoms with E-state index >= 15 is 0 Å². The topological polar surface area (TPSA) is 116 Å². The van der Waals surface area contributed by atoms with Crippen molar-refractivity contribution in [1.29, 1.82) is 0 Å². The first-order valence-electron chi connectivity index (χ1n) is 6.95. The summed E-state index contributed by atoms with van der Waals surface area (Å²) in [4.78, 5) is 13.9. The molecule has 1 heterocycles. The summed E-state index contributed by atoms with van der Waals surface area (Å²) in [7, 11) is 1.54. The first-order chi connectivity index (χ1) is 11.9. The molecule has 2 N–H and O–H groups in total. The number of hydrogen-bond donors (Lipinski definition) is 2. The van der Waals surface area contributed by atoms with Gasteiger partial charge in [-0.2, -0.15) is 0 Å². The molecule has 9 nitrogen and oxygen atoms in total. The fourth-order valence-corrected chi connectivity index (χ4v) is 3.14. The maximum Gasteiger partial charge on any atom is 0.354 e. The average Bonchev–Trinajstić information content (AvgIpc) is 3.10. The molecule has 0 unspecified atom stereocenters. The van der Waals surface area contributed by atoms with E-state index in [2.05, 4.69) is 14.4 Å². The molecule has 1 aromatic carbocycles. The van der Waals surface area contributed by atoms with Crippen LogP contribution in [0.4, 0.5) is 5.69 Å². The smallest absolute Gasteiger partial charge is 0.354 e. The number of aromatic nitrogens is 1.